The lowest BCUT2D eigenvalue weighted by Crippen LogP contribution is -2.14. The number of amides is 1. The number of aromatic nitrogens is 3. The van der Waals surface area contributed by atoms with Gasteiger partial charge in [-0.05, 0) is 18.2 Å². The minimum absolute atomic E-state index is 0.180. The topological polar surface area (TPSA) is 59.8 Å². The molecule has 2 aromatic heterocycles. The molecule has 0 unspecified atom stereocenters. The van der Waals surface area contributed by atoms with Gasteiger partial charge in [0, 0.05) is 28.1 Å². The number of carbonyl (C=O) groups excluding carboxylic acids is 1. The second-order valence-corrected chi connectivity index (χ2v) is 8.59. The summed E-state index contributed by atoms with van der Waals surface area (Å²) < 4.78 is 3.10. The fraction of sp³-hybridized carbons (Fsp3) is 0.105. The van der Waals surface area contributed by atoms with Gasteiger partial charge in [-0.25, -0.2) is 0 Å². The molecule has 0 saturated heterocycles. The first-order valence-electron chi connectivity index (χ1n) is 8.27. The molecule has 0 aliphatic carbocycles. The number of benzene rings is 2. The first-order valence-corrected chi connectivity index (χ1v) is 10.9. The predicted molar refractivity (Wildman–Crippen MR) is 118 cm³/mol. The van der Waals surface area contributed by atoms with Gasteiger partial charge >= 0.3 is 0 Å². The van der Waals surface area contributed by atoms with E-state index in [1.165, 1.54) is 16.5 Å². The van der Waals surface area contributed by atoms with E-state index in [2.05, 4.69) is 33.0 Å². The minimum Gasteiger partial charge on any atom is -0.324 e. The molecule has 5 nitrogen and oxygen atoms in total. The molecule has 1 amide bonds. The van der Waals surface area contributed by atoms with Gasteiger partial charge < -0.3 is 9.88 Å². The number of hydrogen-bond donors (Lipinski definition) is 1. The number of thioether (sulfide) groups is 1. The number of rotatable bonds is 5. The highest BCUT2D eigenvalue weighted by Gasteiger charge is 2.16. The first kappa shape index (κ1) is 19.3. The predicted octanol–water partition coefficient (Wildman–Crippen LogP) is 5.73. The van der Waals surface area contributed by atoms with Crippen molar-refractivity contribution < 1.29 is 4.79 Å². The van der Waals surface area contributed by atoms with Crippen molar-refractivity contribution in [1.29, 1.82) is 0 Å². The van der Waals surface area contributed by atoms with E-state index in [-0.39, 0.29) is 11.7 Å². The number of carbonyl (C=O) groups is 1. The van der Waals surface area contributed by atoms with Crippen molar-refractivity contribution in [2.45, 2.75) is 5.16 Å². The first-order chi connectivity index (χ1) is 13.5. The van der Waals surface area contributed by atoms with Gasteiger partial charge in [-0.2, -0.15) is 0 Å². The van der Waals surface area contributed by atoms with Crippen LogP contribution in [-0.4, -0.2) is 26.4 Å². The lowest BCUT2D eigenvalue weighted by molar-refractivity contribution is -0.113. The summed E-state index contributed by atoms with van der Waals surface area (Å²) >= 11 is 15.1. The standard InChI is InChI=1S/C19H14Cl2N4OS2/c1-25-18(12-9-27-15-8-3-2-5-11(12)15)23-24-19(25)28-10-16(26)22-14-7-4-6-13(20)17(14)21/h2-9H,10H2,1H3,(H,22,26). The molecule has 0 atom stereocenters. The fourth-order valence-electron chi connectivity index (χ4n) is 2.74. The Labute approximate surface area is 179 Å². The van der Waals surface area contributed by atoms with Crippen molar-refractivity contribution >= 4 is 68.0 Å². The zero-order chi connectivity index (χ0) is 19.7. The van der Waals surface area contributed by atoms with Crippen molar-refractivity contribution in [1.82, 2.24) is 14.8 Å². The number of anilines is 1. The molecule has 2 heterocycles. The zero-order valence-electron chi connectivity index (χ0n) is 14.6. The molecule has 0 saturated carbocycles. The average Bonchev–Trinajstić information content (AvgIpc) is 3.27. The van der Waals surface area contributed by atoms with Gasteiger partial charge in [0.05, 0.1) is 21.5 Å². The van der Waals surface area contributed by atoms with Crippen LogP contribution in [0.3, 0.4) is 0 Å². The van der Waals surface area contributed by atoms with E-state index in [9.17, 15) is 4.79 Å². The van der Waals surface area contributed by atoms with E-state index >= 15 is 0 Å². The van der Waals surface area contributed by atoms with Crippen LogP contribution in [0.25, 0.3) is 21.5 Å². The molecule has 0 bridgehead atoms. The third kappa shape index (κ3) is 3.75. The SMILES string of the molecule is Cn1c(SCC(=O)Nc2cccc(Cl)c2Cl)nnc1-c1csc2ccccc12. The molecule has 0 spiro atoms. The number of nitrogens with one attached hydrogen (secondary N) is 1. The van der Waals surface area contributed by atoms with E-state index in [1.54, 1.807) is 29.5 Å². The Morgan fingerprint density at radius 3 is 2.86 bits per heavy atom. The van der Waals surface area contributed by atoms with Gasteiger partial charge in [0.1, 0.15) is 0 Å². The maximum atomic E-state index is 12.3. The number of hydrogen-bond acceptors (Lipinski definition) is 5. The average molecular weight is 449 g/mol. The summed E-state index contributed by atoms with van der Waals surface area (Å²) in [6.45, 7) is 0. The monoisotopic (exact) mass is 448 g/mol. The third-order valence-corrected chi connectivity index (χ3v) is 6.92. The molecule has 0 aliphatic rings. The maximum absolute atomic E-state index is 12.3. The second-order valence-electron chi connectivity index (χ2n) is 5.95. The van der Waals surface area contributed by atoms with Crippen LogP contribution in [0, 0.1) is 0 Å². The second kappa shape index (κ2) is 8.13. The molecule has 142 valence electrons. The quantitative estimate of drug-likeness (QED) is 0.395. The van der Waals surface area contributed by atoms with Crippen molar-refractivity contribution in [2.75, 3.05) is 11.1 Å². The molecule has 1 N–H and O–H groups in total. The van der Waals surface area contributed by atoms with Gasteiger partial charge in [0.2, 0.25) is 5.91 Å². The van der Waals surface area contributed by atoms with E-state index in [4.69, 9.17) is 23.2 Å². The molecule has 28 heavy (non-hydrogen) atoms. The summed E-state index contributed by atoms with van der Waals surface area (Å²) in [7, 11) is 1.90. The highest BCUT2D eigenvalue weighted by atomic mass is 35.5. The smallest absolute Gasteiger partial charge is 0.234 e. The van der Waals surface area contributed by atoms with Crippen molar-refractivity contribution in [3.8, 4) is 11.4 Å². The summed E-state index contributed by atoms with van der Waals surface area (Å²) in [6, 6.07) is 13.3. The van der Waals surface area contributed by atoms with Crippen LogP contribution in [0.2, 0.25) is 10.0 Å². The number of thiophene rings is 1. The Kier molecular flexibility index (Phi) is 5.59. The molecule has 0 radical (unpaired) electrons. The Hall–Kier alpha value is -2.06. The van der Waals surface area contributed by atoms with Crippen LogP contribution >= 0.6 is 46.3 Å². The van der Waals surface area contributed by atoms with Crippen LogP contribution < -0.4 is 5.32 Å². The molecule has 9 heteroatoms. The maximum Gasteiger partial charge on any atom is 0.234 e. The largest absolute Gasteiger partial charge is 0.324 e. The number of halogens is 2. The van der Waals surface area contributed by atoms with E-state index in [1.807, 2.05) is 23.7 Å². The molecule has 0 fully saturated rings. The Morgan fingerprint density at radius 1 is 1.18 bits per heavy atom. The molecule has 0 aliphatic heterocycles. The van der Waals surface area contributed by atoms with Crippen LogP contribution in [0.15, 0.2) is 53.0 Å². The van der Waals surface area contributed by atoms with Gasteiger partial charge in [-0.15, -0.1) is 21.5 Å². The van der Waals surface area contributed by atoms with Gasteiger partial charge in [0.25, 0.3) is 0 Å². The lowest BCUT2D eigenvalue weighted by atomic mass is 10.2. The fourth-order valence-corrected chi connectivity index (χ4v) is 4.74. The summed E-state index contributed by atoms with van der Waals surface area (Å²) in [5.74, 6) is 0.761. The Morgan fingerprint density at radius 2 is 2.00 bits per heavy atom. The van der Waals surface area contributed by atoms with E-state index in [0.717, 1.165) is 16.8 Å². The highest BCUT2D eigenvalue weighted by Crippen LogP contribution is 2.34. The normalized spacial score (nSPS) is 11.1. The highest BCUT2D eigenvalue weighted by molar-refractivity contribution is 7.99. The van der Waals surface area contributed by atoms with Crippen molar-refractivity contribution in [3.05, 3.63) is 57.9 Å². The van der Waals surface area contributed by atoms with Crippen molar-refractivity contribution in [2.24, 2.45) is 7.05 Å². The molecular weight excluding hydrogens is 435 g/mol. The lowest BCUT2D eigenvalue weighted by Gasteiger charge is -2.08. The third-order valence-electron chi connectivity index (χ3n) is 4.11. The van der Waals surface area contributed by atoms with Crippen LogP contribution in [0.1, 0.15) is 0 Å². The van der Waals surface area contributed by atoms with Crippen molar-refractivity contribution in [3.63, 3.8) is 0 Å². The van der Waals surface area contributed by atoms with Crippen LogP contribution in [0.4, 0.5) is 5.69 Å². The van der Waals surface area contributed by atoms with E-state index < -0.39 is 0 Å². The number of fused-ring (bicyclic) bond motifs is 1. The zero-order valence-corrected chi connectivity index (χ0v) is 17.8. The van der Waals surface area contributed by atoms with Crippen LogP contribution in [0.5, 0.6) is 0 Å². The number of nitrogens with zero attached hydrogens (tertiary/aromatic N) is 3. The van der Waals surface area contributed by atoms with Gasteiger partial charge in [-0.1, -0.05) is 59.2 Å². The van der Waals surface area contributed by atoms with Crippen LogP contribution in [-0.2, 0) is 11.8 Å². The molecule has 2 aromatic carbocycles. The van der Waals surface area contributed by atoms with Gasteiger partial charge in [0.15, 0.2) is 11.0 Å². The summed E-state index contributed by atoms with van der Waals surface area (Å²) in [5, 5.41) is 15.9. The Balaban J connectivity index is 1.48. The minimum atomic E-state index is -0.195. The summed E-state index contributed by atoms with van der Waals surface area (Å²) in [5.41, 5.74) is 1.53. The molecule has 4 rings (SSSR count). The molecular formula is C19H14Cl2N4OS2. The van der Waals surface area contributed by atoms with E-state index in [0.29, 0.717) is 20.9 Å². The summed E-state index contributed by atoms with van der Waals surface area (Å²) in [4.78, 5) is 12.3. The molecule has 4 aromatic rings. The van der Waals surface area contributed by atoms with Gasteiger partial charge in [-0.3, -0.25) is 4.79 Å². The Bertz CT molecular complexity index is 1170. The summed E-state index contributed by atoms with van der Waals surface area (Å²) in [6.07, 6.45) is 0.